The number of piperidine rings is 1. The molecule has 2 amide bonds. The fraction of sp³-hybridized carbons (Fsp3) is 0.333. The molecule has 31 heavy (non-hydrogen) atoms. The second-order valence-corrected chi connectivity index (χ2v) is 9.19. The van der Waals surface area contributed by atoms with Gasteiger partial charge in [0.1, 0.15) is 0 Å². The predicted molar refractivity (Wildman–Crippen MR) is 111 cm³/mol. The monoisotopic (exact) mass is 451 g/mol. The number of para-hydroxylation sites is 1. The number of rotatable bonds is 6. The zero-order chi connectivity index (χ0) is 22.6. The average molecular weight is 451 g/mol. The number of likely N-dealkylation sites (N-methyl/N-ethyl adjacent to an activating group) is 1. The summed E-state index contributed by atoms with van der Waals surface area (Å²) >= 11 is 0. The molecule has 1 fully saturated rings. The van der Waals surface area contributed by atoms with Gasteiger partial charge in [-0.1, -0.05) is 18.2 Å². The highest BCUT2D eigenvalue weighted by molar-refractivity contribution is 7.89. The van der Waals surface area contributed by atoms with Crippen LogP contribution >= 0.6 is 0 Å². The molecule has 2 aromatic carbocycles. The Hall–Kier alpha value is -2.85. The first-order chi connectivity index (χ1) is 14.7. The van der Waals surface area contributed by atoms with Crippen LogP contribution in [-0.2, 0) is 26.0 Å². The zero-order valence-electron chi connectivity index (χ0n) is 16.9. The van der Waals surface area contributed by atoms with Gasteiger partial charge in [-0.25, -0.2) is 17.2 Å². The molecule has 0 aliphatic carbocycles. The van der Waals surface area contributed by atoms with E-state index in [9.17, 15) is 26.8 Å². The van der Waals surface area contributed by atoms with Crippen molar-refractivity contribution in [1.29, 1.82) is 0 Å². The predicted octanol–water partition coefficient (Wildman–Crippen LogP) is 2.29. The van der Waals surface area contributed by atoms with Crippen molar-refractivity contribution in [3.05, 3.63) is 59.7 Å². The number of benzene rings is 2. The van der Waals surface area contributed by atoms with Crippen LogP contribution < -0.4 is 10.6 Å². The van der Waals surface area contributed by atoms with Crippen molar-refractivity contribution in [2.24, 2.45) is 5.92 Å². The van der Waals surface area contributed by atoms with Gasteiger partial charge in [0.2, 0.25) is 21.8 Å². The second kappa shape index (κ2) is 9.52. The molecule has 0 bridgehead atoms. The largest absolute Gasteiger partial charge is 0.359 e. The summed E-state index contributed by atoms with van der Waals surface area (Å²) in [7, 11) is -2.45. The molecule has 0 aromatic heterocycles. The Morgan fingerprint density at radius 2 is 1.74 bits per heavy atom. The molecule has 1 heterocycles. The van der Waals surface area contributed by atoms with Crippen molar-refractivity contribution in [2.45, 2.75) is 24.2 Å². The Labute approximate surface area is 179 Å². The van der Waals surface area contributed by atoms with E-state index in [1.165, 1.54) is 11.4 Å². The summed E-state index contributed by atoms with van der Waals surface area (Å²) in [6.07, 6.45) is 0.691. The molecule has 0 unspecified atom stereocenters. The van der Waals surface area contributed by atoms with E-state index in [2.05, 4.69) is 10.6 Å². The first kappa shape index (κ1) is 22.8. The van der Waals surface area contributed by atoms with Crippen LogP contribution in [0.5, 0.6) is 0 Å². The molecule has 7 nitrogen and oxygen atoms in total. The van der Waals surface area contributed by atoms with E-state index in [0.717, 1.165) is 12.1 Å². The van der Waals surface area contributed by atoms with Crippen LogP contribution in [0.1, 0.15) is 18.4 Å². The minimum atomic E-state index is -3.98. The van der Waals surface area contributed by atoms with Crippen LogP contribution in [0.25, 0.3) is 0 Å². The molecule has 1 aliphatic heterocycles. The van der Waals surface area contributed by atoms with Gasteiger partial charge in [-0.2, -0.15) is 4.31 Å². The highest BCUT2D eigenvalue weighted by Crippen LogP contribution is 2.26. The van der Waals surface area contributed by atoms with Crippen molar-refractivity contribution in [3.63, 3.8) is 0 Å². The third kappa shape index (κ3) is 5.26. The quantitative estimate of drug-likeness (QED) is 0.705. The minimum Gasteiger partial charge on any atom is -0.359 e. The summed E-state index contributed by atoms with van der Waals surface area (Å²) in [5.41, 5.74) is 1.21. The van der Waals surface area contributed by atoms with Gasteiger partial charge >= 0.3 is 0 Å². The van der Waals surface area contributed by atoms with Gasteiger partial charge in [0.25, 0.3) is 0 Å². The smallest absolute Gasteiger partial charge is 0.243 e. The number of hydrogen-bond donors (Lipinski definition) is 2. The van der Waals surface area contributed by atoms with E-state index in [1.807, 2.05) is 0 Å². The van der Waals surface area contributed by atoms with Crippen LogP contribution in [0.3, 0.4) is 0 Å². The number of carbonyl (C=O) groups is 2. The van der Waals surface area contributed by atoms with E-state index in [0.29, 0.717) is 17.3 Å². The Morgan fingerprint density at radius 3 is 2.39 bits per heavy atom. The number of anilines is 1. The lowest BCUT2D eigenvalue weighted by Gasteiger charge is -2.30. The number of nitrogens with zero attached hydrogens (tertiary/aromatic N) is 1. The fourth-order valence-corrected chi connectivity index (χ4v) is 4.92. The van der Waals surface area contributed by atoms with E-state index in [1.54, 1.807) is 24.3 Å². The number of halogens is 2. The number of sulfonamides is 1. The van der Waals surface area contributed by atoms with E-state index >= 15 is 0 Å². The zero-order valence-corrected chi connectivity index (χ0v) is 17.7. The summed E-state index contributed by atoms with van der Waals surface area (Å²) in [6.45, 7) is 0.165. The lowest BCUT2D eigenvalue weighted by atomic mass is 9.97. The van der Waals surface area contributed by atoms with E-state index in [-0.39, 0.29) is 49.1 Å². The van der Waals surface area contributed by atoms with Crippen molar-refractivity contribution >= 4 is 27.5 Å². The molecule has 1 saturated heterocycles. The fourth-order valence-electron chi connectivity index (χ4n) is 3.44. The normalized spacial score (nSPS) is 15.5. The van der Waals surface area contributed by atoms with Gasteiger partial charge in [0, 0.05) is 31.7 Å². The van der Waals surface area contributed by atoms with Crippen molar-refractivity contribution < 1.29 is 26.8 Å². The van der Waals surface area contributed by atoms with Crippen LogP contribution in [0, 0.1) is 17.6 Å². The Morgan fingerprint density at radius 1 is 1.06 bits per heavy atom. The van der Waals surface area contributed by atoms with Crippen molar-refractivity contribution in [2.75, 3.05) is 25.5 Å². The Kier molecular flexibility index (Phi) is 7.01. The lowest BCUT2D eigenvalue weighted by molar-refractivity contribution is -0.121. The maximum absolute atomic E-state index is 13.5. The maximum atomic E-state index is 13.5. The molecule has 0 spiro atoms. The summed E-state index contributed by atoms with van der Waals surface area (Å²) in [6, 6.07) is 9.44. The molecule has 1 aliphatic rings. The van der Waals surface area contributed by atoms with Crippen LogP contribution in [-0.4, -0.2) is 44.7 Å². The summed E-state index contributed by atoms with van der Waals surface area (Å²) in [5, 5.41) is 5.37. The molecule has 0 saturated carbocycles. The van der Waals surface area contributed by atoms with Crippen molar-refractivity contribution in [3.8, 4) is 0 Å². The maximum Gasteiger partial charge on any atom is 0.243 e. The number of nitrogens with one attached hydrogen (secondary N) is 2. The van der Waals surface area contributed by atoms with E-state index in [4.69, 9.17) is 0 Å². The molecule has 0 atom stereocenters. The number of amides is 2. The highest BCUT2D eigenvalue weighted by Gasteiger charge is 2.32. The first-order valence-corrected chi connectivity index (χ1v) is 11.2. The highest BCUT2D eigenvalue weighted by atomic mass is 32.2. The van der Waals surface area contributed by atoms with Crippen LogP contribution in [0.15, 0.2) is 47.4 Å². The Balaban J connectivity index is 1.64. The molecule has 0 radical (unpaired) electrons. The van der Waals surface area contributed by atoms with E-state index < -0.39 is 27.6 Å². The SMILES string of the molecule is CNC(=O)Cc1ccccc1NC(=O)C1CCN(S(=O)(=O)c2ccc(F)c(F)c2)CC1. The second-order valence-electron chi connectivity index (χ2n) is 7.25. The summed E-state index contributed by atoms with van der Waals surface area (Å²) in [5.74, 6) is -3.20. The van der Waals surface area contributed by atoms with Gasteiger partial charge in [-0.15, -0.1) is 0 Å². The standard InChI is InChI=1S/C21H23F2N3O4S/c1-24-20(27)12-15-4-2-3-5-19(15)25-21(28)14-8-10-26(11-9-14)31(29,30)16-6-7-17(22)18(23)13-16/h2-7,13-14H,8-12H2,1H3,(H,24,27)(H,25,28). The first-order valence-electron chi connectivity index (χ1n) is 9.77. The van der Waals surface area contributed by atoms with Gasteiger partial charge < -0.3 is 10.6 Å². The topological polar surface area (TPSA) is 95.6 Å². The Bertz CT molecular complexity index is 1080. The molecule has 166 valence electrons. The van der Waals surface area contributed by atoms with Crippen molar-refractivity contribution in [1.82, 2.24) is 9.62 Å². The van der Waals surface area contributed by atoms with Gasteiger partial charge in [0.15, 0.2) is 11.6 Å². The average Bonchev–Trinajstić information content (AvgIpc) is 2.76. The third-order valence-electron chi connectivity index (χ3n) is 5.26. The summed E-state index contributed by atoms with van der Waals surface area (Å²) in [4.78, 5) is 24.1. The van der Waals surface area contributed by atoms with Crippen LogP contribution in [0.4, 0.5) is 14.5 Å². The lowest BCUT2D eigenvalue weighted by Crippen LogP contribution is -2.41. The number of hydrogen-bond acceptors (Lipinski definition) is 4. The van der Waals surface area contributed by atoms with Gasteiger partial charge in [-0.3, -0.25) is 9.59 Å². The molecule has 2 aromatic rings. The molecular weight excluding hydrogens is 428 g/mol. The molecule has 2 N–H and O–H groups in total. The summed E-state index contributed by atoms with van der Waals surface area (Å²) < 4.78 is 53.1. The molecular formula is C21H23F2N3O4S. The molecule has 3 rings (SSSR count). The molecule has 10 heteroatoms. The third-order valence-corrected chi connectivity index (χ3v) is 7.15. The number of carbonyl (C=O) groups excluding carboxylic acids is 2. The van der Waals surface area contributed by atoms with Gasteiger partial charge in [-0.05, 0) is 42.7 Å². The van der Waals surface area contributed by atoms with Gasteiger partial charge in [0.05, 0.1) is 11.3 Å². The van der Waals surface area contributed by atoms with Crippen LogP contribution in [0.2, 0.25) is 0 Å². The minimum absolute atomic E-state index is 0.0826.